The van der Waals surface area contributed by atoms with Crippen LogP contribution < -0.4 is 5.32 Å². The lowest BCUT2D eigenvalue weighted by atomic mass is 9.92. The van der Waals surface area contributed by atoms with Crippen LogP contribution in [0.3, 0.4) is 0 Å². The van der Waals surface area contributed by atoms with Crippen LogP contribution >= 0.6 is 0 Å². The lowest BCUT2D eigenvalue weighted by molar-refractivity contribution is 0.0913. The molecule has 2 N–H and O–H groups in total. The highest BCUT2D eigenvalue weighted by atomic mass is 19.1. The minimum absolute atomic E-state index is 0.140. The second kappa shape index (κ2) is 6.12. The molecule has 1 saturated carbocycles. The predicted octanol–water partition coefficient (Wildman–Crippen LogP) is 2.26. The standard InChI is InChI=1S/C14H20FNO/c15-12-6-2-1-5-11(12)9-10-16-13-7-3-4-8-14(13)17/h1-2,5-6,13-14,16-17H,3-4,7-10H2. The zero-order chi connectivity index (χ0) is 12.1. The smallest absolute Gasteiger partial charge is 0.126 e. The predicted molar refractivity (Wildman–Crippen MR) is 66.4 cm³/mol. The van der Waals surface area contributed by atoms with Gasteiger partial charge in [0, 0.05) is 6.04 Å². The van der Waals surface area contributed by atoms with Gasteiger partial charge in [0.2, 0.25) is 0 Å². The molecule has 0 bridgehead atoms. The molecule has 1 aromatic carbocycles. The van der Waals surface area contributed by atoms with Gasteiger partial charge in [0.15, 0.2) is 0 Å². The van der Waals surface area contributed by atoms with Gasteiger partial charge in [-0.2, -0.15) is 0 Å². The molecule has 2 atom stereocenters. The van der Waals surface area contributed by atoms with Crippen LogP contribution in [-0.2, 0) is 6.42 Å². The van der Waals surface area contributed by atoms with E-state index in [1.54, 1.807) is 6.07 Å². The van der Waals surface area contributed by atoms with Crippen LogP contribution in [0.1, 0.15) is 31.2 Å². The van der Waals surface area contributed by atoms with Crippen molar-refractivity contribution >= 4 is 0 Å². The Morgan fingerprint density at radius 1 is 1.24 bits per heavy atom. The van der Waals surface area contributed by atoms with E-state index >= 15 is 0 Å². The molecule has 2 nitrogen and oxygen atoms in total. The van der Waals surface area contributed by atoms with E-state index in [2.05, 4.69) is 5.32 Å². The maximum Gasteiger partial charge on any atom is 0.126 e. The molecule has 94 valence electrons. The molecule has 0 aromatic heterocycles. The van der Waals surface area contributed by atoms with Gasteiger partial charge >= 0.3 is 0 Å². The molecule has 2 unspecified atom stereocenters. The number of benzene rings is 1. The zero-order valence-electron chi connectivity index (χ0n) is 10.0. The molecular weight excluding hydrogens is 217 g/mol. The second-order valence-electron chi connectivity index (χ2n) is 4.75. The van der Waals surface area contributed by atoms with Gasteiger partial charge in [-0.05, 0) is 37.4 Å². The minimum Gasteiger partial charge on any atom is -0.392 e. The Labute approximate surface area is 102 Å². The maximum absolute atomic E-state index is 13.4. The van der Waals surface area contributed by atoms with Crippen molar-refractivity contribution in [3.05, 3.63) is 35.6 Å². The van der Waals surface area contributed by atoms with E-state index < -0.39 is 0 Å². The van der Waals surface area contributed by atoms with Gasteiger partial charge in [-0.15, -0.1) is 0 Å². The molecule has 0 radical (unpaired) electrons. The van der Waals surface area contributed by atoms with Gasteiger partial charge in [0.05, 0.1) is 6.10 Å². The fourth-order valence-electron chi connectivity index (χ4n) is 2.44. The summed E-state index contributed by atoms with van der Waals surface area (Å²) in [4.78, 5) is 0. The molecule has 0 spiro atoms. The highest BCUT2D eigenvalue weighted by Crippen LogP contribution is 2.18. The molecule has 0 amide bonds. The van der Waals surface area contributed by atoms with Gasteiger partial charge in [-0.1, -0.05) is 31.0 Å². The molecule has 17 heavy (non-hydrogen) atoms. The normalized spacial score (nSPS) is 24.8. The minimum atomic E-state index is -0.232. The van der Waals surface area contributed by atoms with Crippen molar-refractivity contribution in [3.63, 3.8) is 0 Å². The average molecular weight is 237 g/mol. The molecule has 1 aliphatic carbocycles. The van der Waals surface area contributed by atoms with Crippen LogP contribution in [0.2, 0.25) is 0 Å². The van der Waals surface area contributed by atoms with Crippen LogP contribution in [0, 0.1) is 5.82 Å². The fourth-order valence-corrected chi connectivity index (χ4v) is 2.44. The molecule has 1 aliphatic rings. The second-order valence-corrected chi connectivity index (χ2v) is 4.75. The van der Waals surface area contributed by atoms with Crippen molar-refractivity contribution in [1.29, 1.82) is 0 Å². The first-order chi connectivity index (χ1) is 8.27. The summed E-state index contributed by atoms with van der Waals surface area (Å²) in [6, 6.07) is 7.06. The van der Waals surface area contributed by atoms with Crippen molar-refractivity contribution in [3.8, 4) is 0 Å². The number of aliphatic hydroxyl groups is 1. The number of aliphatic hydroxyl groups excluding tert-OH is 1. The van der Waals surface area contributed by atoms with Crippen LogP contribution in [0.4, 0.5) is 4.39 Å². The SMILES string of the molecule is OC1CCCCC1NCCc1ccccc1F. The van der Waals surface area contributed by atoms with Crippen molar-refractivity contribution in [2.24, 2.45) is 0 Å². The molecule has 3 heteroatoms. The highest BCUT2D eigenvalue weighted by Gasteiger charge is 2.21. The lowest BCUT2D eigenvalue weighted by Crippen LogP contribution is -2.42. The summed E-state index contributed by atoms with van der Waals surface area (Å²) in [5, 5.41) is 13.1. The molecule has 1 fully saturated rings. The van der Waals surface area contributed by atoms with Crippen molar-refractivity contribution in [2.45, 2.75) is 44.2 Å². The maximum atomic E-state index is 13.4. The van der Waals surface area contributed by atoms with Crippen molar-refractivity contribution < 1.29 is 9.50 Å². The first-order valence-electron chi connectivity index (χ1n) is 6.42. The first-order valence-corrected chi connectivity index (χ1v) is 6.42. The van der Waals surface area contributed by atoms with E-state index in [-0.39, 0.29) is 18.0 Å². The molecular formula is C14H20FNO. The van der Waals surface area contributed by atoms with Gasteiger partial charge in [-0.3, -0.25) is 0 Å². The molecule has 0 heterocycles. The third-order valence-electron chi connectivity index (χ3n) is 3.49. The summed E-state index contributed by atoms with van der Waals surface area (Å²) in [5.74, 6) is -0.140. The third kappa shape index (κ3) is 3.51. The number of hydrogen-bond donors (Lipinski definition) is 2. The monoisotopic (exact) mass is 237 g/mol. The Morgan fingerprint density at radius 2 is 2.00 bits per heavy atom. The summed E-state index contributed by atoms with van der Waals surface area (Å²) >= 11 is 0. The van der Waals surface area contributed by atoms with E-state index in [9.17, 15) is 9.50 Å². The van der Waals surface area contributed by atoms with Gasteiger partial charge < -0.3 is 10.4 Å². The molecule has 0 saturated heterocycles. The van der Waals surface area contributed by atoms with E-state index in [0.717, 1.165) is 31.4 Å². The third-order valence-corrected chi connectivity index (χ3v) is 3.49. The van der Waals surface area contributed by atoms with E-state index in [1.165, 1.54) is 12.5 Å². The number of nitrogens with one attached hydrogen (secondary N) is 1. The molecule has 0 aliphatic heterocycles. The Hall–Kier alpha value is -0.930. The first kappa shape index (κ1) is 12.5. The van der Waals surface area contributed by atoms with Crippen molar-refractivity contribution in [1.82, 2.24) is 5.32 Å². The Kier molecular flexibility index (Phi) is 4.51. The Balaban J connectivity index is 1.77. The molecule has 1 aromatic rings. The highest BCUT2D eigenvalue weighted by molar-refractivity contribution is 5.17. The summed E-state index contributed by atoms with van der Waals surface area (Å²) in [7, 11) is 0. The number of halogens is 1. The van der Waals surface area contributed by atoms with E-state index in [1.807, 2.05) is 12.1 Å². The quantitative estimate of drug-likeness (QED) is 0.842. The largest absolute Gasteiger partial charge is 0.392 e. The van der Waals surface area contributed by atoms with Gasteiger partial charge in [0.1, 0.15) is 5.82 Å². The Morgan fingerprint density at radius 3 is 2.76 bits per heavy atom. The lowest BCUT2D eigenvalue weighted by Gasteiger charge is -2.28. The number of hydrogen-bond acceptors (Lipinski definition) is 2. The van der Waals surface area contributed by atoms with Crippen LogP contribution in [0.25, 0.3) is 0 Å². The molecule has 2 rings (SSSR count). The summed E-state index contributed by atoms with van der Waals surface area (Å²) in [5.41, 5.74) is 0.741. The number of rotatable bonds is 4. The topological polar surface area (TPSA) is 32.3 Å². The van der Waals surface area contributed by atoms with Crippen molar-refractivity contribution in [2.75, 3.05) is 6.54 Å². The summed E-state index contributed by atoms with van der Waals surface area (Å²) < 4.78 is 13.4. The summed E-state index contributed by atoms with van der Waals surface area (Å²) in [6.07, 6.45) is 4.65. The zero-order valence-corrected chi connectivity index (χ0v) is 10.0. The van der Waals surface area contributed by atoms with Gasteiger partial charge in [-0.25, -0.2) is 4.39 Å². The fraction of sp³-hybridized carbons (Fsp3) is 0.571. The summed E-state index contributed by atoms with van der Waals surface area (Å²) in [6.45, 7) is 0.725. The average Bonchev–Trinajstić information content (AvgIpc) is 2.34. The van der Waals surface area contributed by atoms with Crippen LogP contribution in [0.15, 0.2) is 24.3 Å². The van der Waals surface area contributed by atoms with E-state index in [0.29, 0.717) is 6.42 Å². The van der Waals surface area contributed by atoms with Crippen LogP contribution in [0.5, 0.6) is 0 Å². The van der Waals surface area contributed by atoms with E-state index in [4.69, 9.17) is 0 Å². The van der Waals surface area contributed by atoms with Gasteiger partial charge in [0.25, 0.3) is 0 Å². The van der Waals surface area contributed by atoms with Crippen LogP contribution in [-0.4, -0.2) is 23.8 Å². The Bertz CT molecular complexity index is 356.